The normalized spacial score (nSPS) is 23.0. The highest BCUT2D eigenvalue weighted by molar-refractivity contribution is 5.82. The van der Waals surface area contributed by atoms with Crippen molar-refractivity contribution in [3.05, 3.63) is 27.9 Å². The van der Waals surface area contributed by atoms with Crippen LogP contribution in [0.4, 0.5) is 0 Å². The standard InChI is InChI=1S/C18H29N5O2/c1-13-12-17(24)21-16(20-13)5-8-19-18(25)15-4-3-9-23(15)14-6-10-22(2)11-7-14/h12,14-15H,3-11H2,1-2H3,(H,19,25)(H,20,21,24)/t15-/m0/s1. The molecule has 7 nitrogen and oxygen atoms in total. The molecule has 1 atom stereocenters. The van der Waals surface area contributed by atoms with Gasteiger partial charge in [0.05, 0.1) is 6.04 Å². The Morgan fingerprint density at radius 3 is 2.80 bits per heavy atom. The molecule has 2 N–H and O–H groups in total. The van der Waals surface area contributed by atoms with E-state index in [4.69, 9.17) is 0 Å². The third-order valence-electron chi connectivity index (χ3n) is 5.33. The number of piperidine rings is 1. The lowest BCUT2D eigenvalue weighted by molar-refractivity contribution is -0.126. The van der Waals surface area contributed by atoms with E-state index >= 15 is 0 Å². The zero-order valence-corrected chi connectivity index (χ0v) is 15.3. The average molecular weight is 347 g/mol. The number of aromatic amines is 1. The molecule has 2 saturated heterocycles. The van der Waals surface area contributed by atoms with Crippen LogP contribution in [0.1, 0.15) is 37.2 Å². The van der Waals surface area contributed by atoms with E-state index in [0.29, 0.717) is 30.5 Å². The van der Waals surface area contributed by atoms with Gasteiger partial charge in [-0.3, -0.25) is 14.5 Å². The summed E-state index contributed by atoms with van der Waals surface area (Å²) in [5.74, 6) is 0.746. The second-order valence-corrected chi connectivity index (χ2v) is 7.30. The smallest absolute Gasteiger partial charge is 0.251 e. The number of H-pyrrole nitrogens is 1. The van der Waals surface area contributed by atoms with E-state index in [-0.39, 0.29) is 17.5 Å². The topological polar surface area (TPSA) is 81.3 Å². The average Bonchev–Trinajstić information content (AvgIpc) is 3.04. The van der Waals surface area contributed by atoms with Crippen LogP contribution in [-0.2, 0) is 11.2 Å². The minimum atomic E-state index is -0.141. The third kappa shape index (κ3) is 4.67. The number of likely N-dealkylation sites (tertiary alicyclic amines) is 2. The summed E-state index contributed by atoms with van der Waals surface area (Å²) in [5.41, 5.74) is 0.562. The van der Waals surface area contributed by atoms with E-state index in [9.17, 15) is 9.59 Å². The van der Waals surface area contributed by atoms with Crippen LogP contribution >= 0.6 is 0 Å². The molecule has 0 unspecified atom stereocenters. The Labute approximate surface area is 148 Å². The third-order valence-corrected chi connectivity index (χ3v) is 5.33. The van der Waals surface area contributed by atoms with Crippen molar-refractivity contribution in [3.8, 4) is 0 Å². The fourth-order valence-corrected chi connectivity index (χ4v) is 4.02. The number of nitrogens with zero attached hydrogens (tertiary/aromatic N) is 3. The molecule has 7 heteroatoms. The molecule has 1 aromatic rings. The van der Waals surface area contributed by atoms with Crippen molar-refractivity contribution in [1.29, 1.82) is 0 Å². The number of amides is 1. The van der Waals surface area contributed by atoms with Crippen LogP contribution in [0, 0.1) is 6.92 Å². The maximum atomic E-state index is 12.6. The zero-order valence-electron chi connectivity index (χ0n) is 15.3. The fraction of sp³-hybridized carbons (Fsp3) is 0.722. The Kier molecular flexibility index (Phi) is 5.86. The zero-order chi connectivity index (χ0) is 17.8. The molecule has 2 aliphatic heterocycles. The second kappa shape index (κ2) is 8.10. The summed E-state index contributed by atoms with van der Waals surface area (Å²) in [7, 11) is 2.16. The summed E-state index contributed by atoms with van der Waals surface area (Å²) in [6, 6.07) is 2.00. The van der Waals surface area contributed by atoms with Gasteiger partial charge in [0, 0.05) is 30.8 Å². The van der Waals surface area contributed by atoms with Crippen molar-refractivity contribution in [3.63, 3.8) is 0 Å². The lowest BCUT2D eigenvalue weighted by Gasteiger charge is -2.37. The largest absolute Gasteiger partial charge is 0.354 e. The first-order valence-electron chi connectivity index (χ1n) is 9.32. The maximum absolute atomic E-state index is 12.6. The second-order valence-electron chi connectivity index (χ2n) is 7.30. The number of hydrogen-bond acceptors (Lipinski definition) is 5. The van der Waals surface area contributed by atoms with Crippen LogP contribution in [0.25, 0.3) is 0 Å². The number of rotatable bonds is 5. The van der Waals surface area contributed by atoms with Crippen LogP contribution in [0.3, 0.4) is 0 Å². The molecule has 25 heavy (non-hydrogen) atoms. The summed E-state index contributed by atoms with van der Waals surface area (Å²) in [4.78, 5) is 35.9. The molecule has 3 heterocycles. The van der Waals surface area contributed by atoms with Crippen molar-refractivity contribution < 1.29 is 4.79 Å². The van der Waals surface area contributed by atoms with Crippen molar-refractivity contribution in [1.82, 2.24) is 25.1 Å². The van der Waals surface area contributed by atoms with Gasteiger partial charge in [-0.2, -0.15) is 0 Å². The van der Waals surface area contributed by atoms with E-state index in [1.165, 1.54) is 6.07 Å². The number of nitrogens with one attached hydrogen (secondary N) is 2. The van der Waals surface area contributed by atoms with Gasteiger partial charge < -0.3 is 15.2 Å². The maximum Gasteiger partial charge on any atom is 0.251 e. The predicted octanol–water partition coefficient (Wildman–Crippen LogP) is 0.296. The van der Waals surface area contributed by atoms with Crippen LogP contribution in [0.15, 0.2) is 10.9 Å². The van der Waals surface area contributed by atoms with E-state index in [1.54, 1.807) is 6.92 Å². The Morgan fingerprint density at radius 2 is 2.08 bits per heavy atom. The number of carbonyl (C=O) groups is 1. The van der Waals surface area contributed by atoms with Crippen LogP contribution in [0.5, 0.6) is 0 Å². The number of aryl methyl sites for hydroxylation is 1. The molecular formula is C18H29N5O2. The van der Waals surface area contributed by atoms with Gasteiger partial charge in [-0.1, -0.05) is 0 Å². The van der Waals surface area contributed by atoms with Gasteiger partial charge in [-0.05, 0) is 59.3 Å². The van der Waals surface area contributed by atoms with Crippen molar-refractivity contribution >= 4 is 5.91 Å². The minimum absolute atomic E-state index is 0.00192. The predicted molar refractivity (Wildman–Crippen MR) is 96.6 cm³/mol. The van der Waals surface area contributed by atoms with Gasteiger partial charge in [-0.25, -0.2) is 4.98 Å². The van der Waals surface area contributed by atoms with Gasteiger partial charge in [0.15, 0.2) is 0 Å². The first-order chi connectivity index (χ1) is 12.0. The highest BCUT2D eigenvalue weighted by Crippen LogP contribution is 2.25. The Hall–Kier alpha value is -1.73. The molecule has 1 aromatic heterocycles. The summed E-state index contributed by atoms with van der Waals surface area (Å²) in [5, 5.41) is 3.04. The summed E-state index contributed by atoms with van der Waals surface area (Å²) < 4.78 is 0. The Morgan fingerprint density at radius 1 is 1.32 bits per heavy atom. The molecule has 0 saturated carbocycles. The lowest BCUT2D eigenvalue weighted by atomic mass is 10.0. The highest BCUT2D eigenvalue weighted by Gasteiger charge is 2.36. The van der Waals surface area contributed by atoms with Crippen LogP contribution in [-0.4, -0.2) is 71.0 Å². The molecule has 0 aliphatic carbocycles. The summed E-state index contributed by atoms with van der Waals surface area (Å²) in [6.45, 7) is 5.56. The van der Waals surface area contributed by atoms with E-state index in [0.717, 1.165) is 45.3 Å². The first kappa shape index (κ1) is 18.1. The molecular weight excluding hydrogens is 318 g/mol. The quantitative estimate of drug-likeness (QED) is 0.800. The number of carbonyl (C=O) groups excluding carboxylic acids is 1. The number of hydrogen-bond donors (Lipinski definition) is 2. The van der Waals surface area contributed by atoms with Crippen molar-refractivity contribution in [2.45, 2.75) is 51.1 Å². The molecule has 1 amide bonds. The van der Waals surface area contributed by atoms with Gasteiger partial charge >= 0.3 is 0 Å². The fourth-order valence-electron chi connectivity index (χ4n) is 4.02. The minimum Gasteiger partial charge on any atom is -0.354 e. The number of aromatic nitrogens is 2. The van der Waals surface area contributed by atoms with Gasteiger partial charge in [0.2, 0.25) is 5.91 Å². The Bertz CT molecular complexity index is 651. The molecule has 0 spiro atoms. The van der Waals surface area contributed by atoms with Gasteiger partial charge in [0.25, 0.3) is 5.56 Å². The molecule has 3 rings (SSSR count). The first-order valence-corrected chi connectivity index (χ1v) is 9.32. The van der Waals surface area contributed by atoms with E-state index in [2.05, 4.69) is 32.1 Å². The summed E-state index contributed by atoms with van der Waals surface area (Å²) >= 11 is 0. The molecule has 0 aromatic carbocycles. The highest BCUT2D eigenvalue weighted by atomic mass is 16.2. The van der Waals surface area contributed by atoms with Crippen molar-refractivity contribution in [2.24, 2.45) is 0 Å². The molecule has 2 fully saturated rings. The molecule has 0 bridgehead atoms. The van der Waals surface area contributed by atoms with E-state index in [1.807, 2.05) is 0 Å². The van der Waals surface area contributed by atoms with Gasteiger partial charge in [0.1, 0.15) is 5.82 Å². The Balaban J connectivity index is 1.50. The molecule has 2 aliphatic rings. The monoisotopic (exact) mass is 347 g/mol. The van der Waals surface area contributed by atoms with Crippen molar-refractivity contribution in [2.75, 3.05) is 33.2 Å². The summed E-state index contributed by atoms with van der Waals surface area (Å²) in [6.07, 6.45) is 4.88. The molecule has 0 radical (unpaired) electrons. The lowest BCUT2D eigenvalue weighted by Crippen LogP contribution is -2.51. The van der Waals surface area contributed by atoms with E-state index < -0.39 is 0 Å². The van der Waals surface area contributed by atoms with Gasteiger partial charge in [-0.15, -0.1) is 0 Å². The SMILES string of the molecule is Cc1cc(=O)[nH]c(CCNC(=O)[C@@H]2CCCN2C2CCN(C)CC2)n1. The van der Waals surface area contributed by atoms with Crippen LogP contribution in [0.2, 0.25) is 0 Å². The van der Waals surface area contributed by atoms with Crippen LogP contribution < -0.4 is 10.9 Å². The molecule has 138 valence electrons.